The van der Waals surface area contributed by atoms with Crippen LogP contribution >= 0.6 is 0 Å². The Labute approximate surface area is 133 Å². The average Bonchev–Trinajstić information content (AvgIpc) is 3.14. The molecule has 0 saturated heterocycles. The number of anilines is 1. The Kier molecular flexibility index (Phi) is 4.18. The summed E-state index contributed by atoms with van der Waals surface area (Å²) in [7, 11) is 1.86. The number of hydrogen-bond acceptors (Lipinski definition) is 4. The fourth-order valence-electron chi connectivity index (χ4n) is 2.29. The molecule has 0 spiro atoms. The van der Waals surface area contributed by atoms with Gasteiger partial charge in [0.25, 0.3) is 0 Å². The van der Waals surface area contributed by atoms with E-state index in [1.165, 1.54) is 0 Å². The monoisotopic (exact) mass is 310 g/mol. The molecule has 0 bridgehead atoms. The highest BCUT2D eigenvalue weighted by Crippen LogP contribution is 2.19. The van der Waals surface area contributed by atoms with Gasteiger partial charge in [-0.05, 0) is 31.0 Å². The molecule has 2 aromatic heterocycles. The average molecular weight is 310 g/mol. The lowest BCUT2D eigenvalue weighted by Gasteiger charge is -2.06. The van der Waals surface area contributed by atoms with Crippen LogP contribution in [0.3, 0.4) is 0 Å². The van der Waals surface area contributed by atoms with Crippen molar-refractivity contribution in [2.24, 2.45) is 7.05 Å². The molecule has 7 nitrogen and oxygen atoms in total. The number of benzene rings is 1. The number of H-pyrrole nitrogens is 1. The fraction of sp³-hybridized carbons (Fsp3) is 0.250. The summed E-state index contributed by atoms with van der Waals surface area (Å²) in [5.74, 6) is 1.34. The van der Waals surface area contributed by atoms with Crippen molar-refractivity contribution in [3.05, 3.63) is 48.0 Å². The Morgan fingerprint density at radius 1 is 1.39 bits per heavy atom. The van der Waals surface area contributed by atoms with Crippen molar-refractivity contribution in [1.82, 2.24) is 25.0 Å². The summed E-state index contributed by atoms with van der Waals surface area (Å²) in [5, 5.41) is 13.9. The Morgan fingerprint density at radius 3 is 2.96 bits per heavy atom. The number of aryl methyl sites for hydroxylation is 3. The number of nitrogens with zero attached hydrogens (tertiary/aromatic N) is 4. The molecular formula is C16H18N6O. The molecule has 0 aliphatic heterocycles. The first-order valence-electron chi connectivity index (χ1n) is 7.37. The molecule has 2 heterocycles. The van der Waals surface area contributed by atoms with E-state index >= 15 is 0 Å². The second-order valence-corrected chi connectivity index (χ2v) is 5.40. The van der Waals surface area contributed by atoms with E-state index in [1.807, 2.05) is 44.4 Å². The topological polar surface area (TPSA) is 88.5 Å². The van der Waals surface area contributed by atoms with E-state index in [0.717, 1.165) is 22.6 Å². The highest BCUT2D eigenvalue weighted by molar-refractivity contribution is 5.91. The van der Waals surface area contributed by atoms with Crippen molar-refractivity contribution < 1.29 is 4.79 Å². The minimum Gasteiger partial charge on any atom is -0.326 e. The van der Waals surface area contributed by atoms with Crippen LogP contribution in [-0.2, 0) is 18.3 Å². The second kappa shape index (κ2) is 6.43. The molecule has 0 radical (unpaired) electrons. The predicted octanol–water partition coefficient (Wildman–Crippen LogP) is 2.08. The van der Waals surface area contributed by atoms with Crippen molar-refractivity contribution in [3.8, 4) is 11.4 Å². The molecule has 118 valence electrons. The fourth-order valence-corrected chi connectivity index (χ4v) is 2.29. The lowest BCUT2D eigenvalue weighted by Crippen LogP contribution is -2.12. The van der Waals surface area contributed by atoms with E-state index < -0.39 is 0 Å². The third kappa shape index (κ3) is 3.82. The molecule has 0 saturated carbocycles. The van der Waals surface area contributed by atoms with Gasteiger partial charge in [-0.25, -0.2) is 4.98 Å². The molecule has 0 aliphatic rings. The van der Waals surface area contributed by atoms with Gasteiger partial charge in [0.15, 0.2) is 5.82 Å². The van der Waals surface area contributed by atoms with Gasteiger partial charge in [0, 0.05) is 30.9 Å². The predicted molar refractivity (Wildman–Crippen MR) is 86.7 cm³/mol. The van der Waals surface area contributed by atoms with Crippen molar-refractivity contribution >= 4 is 11.6 Å². The first-order chi connectivity index (χ1) is 11.1. The minimum absolute atomic E-state index is 0.0304. The number of nitrogens with one attached hydrogen (secondary N) is 2. The Hall–Kier alpha value is -2.96. The SMILES string of the molecule is Cc1nc(-c2cccc(NC(=O)CCc3cnn(C)c3)c2)n[nH]1. The maximum Gasteiger partial charge on any atom is 0.224 e. The quantitative estimate of drug-likeness (QED) is 0.755. The van der Waals surface area contributed by atoms with E-state index in [4.69, 9.17) is 0 Å². The Morgan fingerprint density at radius 2 is 2.26 bits per heavy atom. The van der Waals surface area contributed by atoms with Crippen LogP contribution < -0.4 is 5.32 Å². The molecular weight excluding hydrogens is 292 g/mol. The lowest BCUT2D eigenvalue weighted by atomic mass is 10.1. The third-order valence-corrected chi connectivity index (χ3v) is 3.40. The zero-order valence-corrected chi connectivity index (χ0v) is 13.1. The van der Waals surface area contributed by atoms with Gasteiger partial charge in [-0.2, -0.15) is 10.2 Å². The number of aromatic nitrogens is 5. The summed E-state index contributed by atoms with van der Waals surface area (Å²) < 4.78 is 1.73. The van der Waals surface area contributed by atoms with Gasteiger partial charge in [0.1, 0.15) is 5.82 Å². The van der Waals surface area contributed by atoms with E-state index in [-0.39, 0.29) is 5.91 Å². The first-order valence-corrected chi connectivity index (χ1v) is 7.37. The summed E-state index contributed by atoms with van der Waals surface area (Å²) in [5.41, 5.74) is 2.65. The molecule has 1 amide bonds. The summed E-state index contributed by atoms with van der Waals surface area (Å²) in [4.78, 5) is 16.4. The molecule has 0 atom stereocenters. The zero-order chi connectivity index (χ0) is 16.2. The molecule has 23 heavy (non-hydrogen) atoms. The lowest BCUT2D eigenvalue weighted by molar-refractivity contribution is -0.116. The van der Waals surface area contributed by atoms with Crippen LogP contribution in [0, 0.1) is 6.92 Å². The van der Waals surface area contributed by atoms with Crippen LogP contribution in [0.25, 0.3) is 11.4 Å². The summed E-state index contributed by atoms with van der Waals surface area (Å²) in [6.45, 7) is 1.85. The van der Waals surface area contributed by atoms with Gasteiger partial charge >= 0.3 is 0 Å². The van der Waals surface area contributed by atoms with Crippen LogP contribution in [-0.4, -0.2) is 30.9 Å². The smallest absolute Gasteiger partial charge is 0.224 e. The van der Waals surface area contributed by atoms with Crippen LogP contribution in [0.2, 0.25) is 0 Å². The van der Waals surface area contributed by atoms with Gasteiger partial charge in [-0.3, -0.25) is 14.6 Å². The Bertz CT molecular complexity index is 819. The summed E-state index contributed by atoms with van der Waals surface area (Å²) >= 11 is 0. The van der Waals surface area contributed by atoms with Crippen molar-refractivity contribution in [2.75, 3.05) is 5.32 Å². The van der Waals surface area contributed by atoms with E-state index in [1.54, 1.807) is 10.9 Å². The maximum atomic E-state index is 12.1. The minimum atomic E-state index is -0.0304. The van der Waals surface area contributed by atoms with Crippen molar-refractivity contribution in [3.63, 3.8) is 0 Å². The van der Waals surface area contributed by atoms with Gasteiger partial charge in [0.2, 0.25) is 5.91 Å². The van der Waals surface area contributed by atoms with Crippen LogP contribution in [0.15, 0.2) is 36.7 Å². The Balaban J connectivity index is 1.62. The standard InChI is InChI=1S/C16H18N6O/c1-11-18-16(21-20-11)13-4-3-5-14(8-13)19-15(23)7-6-12-9-17-22(2)10-12/h3-5,8-10H,6-7H2,1-2H3,(H,19,23)(H,18,20,21). The number of hydrogen-bond donors (Lipinski definition) is 2. The molecule has 0 aliphatic carbocycles. The number of amides is 1. The van der Waals surface area contributed by atoms with E-state index in [2.05, 4.69) is 25.6 Å². The first kappa shape index (κ1) is 15.0. The highest BCUT2D eigenvalue weighted by Gasteiger charge is 2.07. The molecule has 2 N–H and O–H groups in total. The molecule has 1 aromatic carbocycles. The highest BCUT2D eigenvalue weighted by atomic mass is 16.1. The van der Waals surface area contributed by atoms with Crippen molar-refractivity contribution in [2.45, 2.75) is 19.8 Å². The van der Waals surface area contributed by atoms with Crippen LogP contribution in [0.1, 0.15) is 17.8 Å². The van der Waals surface area contributed by atoms with Gasteiger partial charge in [-0.1, -0.05) is 12.1 Å². The van der Waals surface area contributed by atoms with Crippen molar-refractivity contribution in [1.29, 1.82) is 0 Å². The normalized spacial score (nSPS) is 10.7. The number of carbonyl (C=O) groups excluding carboxylic acids is 1. The molecule has 3 aromatic rings. The number of rotatable bonds is 5. The number of aromatic amines is 1. The molecule has 3 rings (SSSR count). The molecule has 0 unspecified atom stereocenters. The van der Waals surface area contributed by atoms with E-state index in [9.17, 15) is 4.79 Å². The largest absolute Gasteiger partial charge is 0.326 e. The van der Waals surface area contributed by atoms with Gasteiger partial charge in [-0.15, -0.1) is 0 Å². The molecule has 7 heteroatoms. The van der Waals surface area contributed by atoms with Gasteiger partial charge < -0.3 is 5.32 Å². The zero-order valence-electron chi connectivity index (χ0n) is 13.1. The third-order valence-electron chi connectivity index (χ3n) is 3.40. The van der Waals surface area contributed by atoms with Gasteiger partial charge in [0.05, 0.1) is 6.20 Å². The van der Waals surface area contributed by atoms with E-state index in [0.29, 0.717) is 18.7 Å². The summed E-state index contributed by atoms with van der Waals surface area (Å²) in [6.07, 6.45) is 4.77. The number of carbonyl (C=O) groups is 1. The molecule has 0 fully saturated rings. The van der Waals surface area contributed by atoms with Crippen LogP contribution in [0.4, 0.5) is 5.69 Å². The maximum absolute atomic E-state index is 12.1. The summed E-state index contributed by atoms with van der Waals surface area (Å²) in [6, 6.07) is 7.50. The second-order valence-electron chi connectivity index (χ2n) is 5.40. The van der Waals surface area contributed by atoms with Crippen LogP contribution in [0.5, 0.6) is 0 Å².